The molecule has 0 spiro atoms. The van der Waals surface area contributed by atoms with E-state index in [2.05, 4.69) is 12.2 Å². The number of nitrogens with one attached hydrogen (secondary N) is 1. The summed E-state index contributed by atoms with van der Waals surface area (Å²) < 4.78 is 0. The summed E-state index contributed by atoms with van der Waals surface area (Å²) >= 11 is 0. The summed E-state index contributed by atoms with van der Waals surface area (Å²) in [6.45, 7) is 5.55. The Balaban J connectivity index is 0.000000711. The minimum Gasteiger partial charge on any atom is -0.384 e. The zero-order valence-corrected chi connectivity index (χ0v) is 11.3. The van der Waals surface area contributed by atoms with E-state index in [1.807, 2.05) is 13.0 Å². The minimum absolute atomic E-state index is 0.0935. The Labute approximate surface area is 113 Å². The first-order chi connectivity index (χ1) is 9.12. The smallest absolute Gasteiger partial charge is 0.289 e. The Morgan fingerprint density at radius 3 is 2.47 bits per heavy atom. The fourth-order valence-electron chi connectivity index (χ4n) is 1.22. The van der Waals surface area contributed by atoms with E-state index in [0.29, 0.717) is 12.2 Å². The maximum atomic E-state index is 10.6. The molecule has 0 amide bonds. The van der Waals surface area contributed by atoms with E-state index in [1.54, 1.807) is 12.1 Å². The van der Waals surface area contributed by atoms with Crippen molar-refractivity contribution in [1.29, 1.82) is 5.26 Å². The average molecular weight is 264 g/mol. The van der Waals surface area contributed by atoms with Gasteiger partial charge in [-0.2, -0.15) is 5.26 Å². The molecule has 3 N–H and O–H groups in total. The highest BCUT2D eigenvalue weighted by Crippen LogP contribution is 2.25. The van der Waals surface area contributed by atoms with Gasteiger partial charge in [0.1, 0.15) is 6.07 Å². The quantitative estimate of drug-likeness (QED) is 0.628. The van der Waals surface area contributed by atoms with Crippen LogP contribution in [-0.2, 0) is 0 Å². The molecule has 0 radical (unpaired) electrons. The molecule has 104 valence electrons. The fourth-order valence-corrected chi connectivity index (χ4v) is 1.22. The van der Waals surface area contributed by atoms with Crippen LogP contribution in [-0.4, -0.2) is 18.0 Å². The van der Waals surface area contributed by atoms with E-state index < -0.39 is 4.92 Å². The molecule has 0 fully saturated rings. The lowest BCUT2D eigenvalue weighted by molar-refractivity contribution is -0.385. The lowest BCUT2D eigenvalue weighted by Crippen LogP contribution is -2.03. The number of nitrogens with zero attached hydrogens (tertiary/aromatic N) is 2. The number of anilines is 1. The van der Waals surface area contributed by atoms with Gasteiger partial charge in [-0.05, 0) is 25.5 Å². The van der Waals surface area contributed by atoms with E-state index in [1.165, 1.54) is 6.07 Å². The summed E-state index contributed by atoms with van der Waals surface area (Å²) in [5.74, 6) is 0. The molecule has 1 rings (SSSR count). The van der Waals surface area contributed by atoms with Crippen molar-refractivity contribution in [2.45, 2.75) is 26.7 Å². The summed E-state index contributed by atoms with van der Waals surface area (Å²) in [7, 11) is 0. The van der Waals surface area contributed by atoms with Crippen LogP contribution in [0.1, 0.15) is 32.3 Å². The lowest BCUT2D eigenvalue weighted by atomic mass is 10.1. The van der Waals surface area contributed by atoms with E-state index in [9.17, 15) is 10.1 Å². The molecule has 0 aliphatic heterocycles. The standard InChI is InChI=1S/C10H11N3O2.C3H9N/c1-2-6-12-9-4-3-5-10(13(14)15)8(9)7-11;1-2-3-4/h3-5,12H,2,6H2,1H3;2-4H2,1H3. The lowest BCUT2D eigenvalue weighted by Gasteiger charge is -2.06. The van der Waals surface area contributed by atoms with Crippen molar-refractivity contribution < 1.29 is 4.92 Å². The first kappa shape index (κ1) is 16.9. The molecule has 0 aliphatic carbocycles. The SMILES string of the molecule is CCCN.CCCNc1cccc([N+](=O)[O-])c1C#N. The molecule has 0 aromatic heterocycles. The fraction of sp³-hybridized carbons (Fsp3) is 0.462. The summed E-state index contributed by atoms with van der Waals surface area (Å²) in [6, 6.07) is 6.41. The average Bonchev–Trinajstić information content (AvgIpc) is 2.44. The molecule has 0 saturated heterocycles. The highest BCUT2D eigenvalue weighted by atomic mass is 16.6. The Kier molecular flexibility index (Phi) is 8.75. The molecule has 0 saturated carbocycles. The van der Waals surface area contributed by atoms with Crippen LogP contribution in [0.2, 0.25) is 0 Å². The Bertz CT molecular complexity index is 439. The third-order valence-corrected chi connectivity index (χ3v) is 2.21. The molecule has 1 aromatic rings. The second-order valence-corrected chi connectivity index (χ2v) is 3.78. The van der Waals surface area contributed by atoms with Crippen LogP contribution in [0.4, 0.5) is 11.4 Å². The molecule has 0 heterocycles. The van der Waals surface area contributed by atoms with E-state index in [4.69, 9.17) is 11.0 Å². The molecule has 19 heavy (non-hydrogen) atoms. The molecule has 1 aromatic carbocycles. The molecular formula is C13H20N4O2. The molecule has 6 heteroatoms. The van der Waals surface area contributed by atoms with Crippen LogP contribution in [0.15, 0.2) is 18.2 Å². The van der Waals surface area contributed by atoms with Crippen molar-refractivity contribution in [1.82, 2.24) is 0 Å². The Morgan fingerprint density at radius 2 is 2.05 bits per heavy atom. The van der Waals surface area contributed by atoms with Gasteiger partial charge in [0.2, 0.25) is 0 Å². The first-order valence-corrected chi connectivity index (χ1v) is 6.23. The number of nitrogens with two attached hydrogens (primary N) is 1. The molecular weight excluding hydrogens is 244 g/mol. The van der Waals surface area contributed by atoms with Crippen molar-refractivity contribution in [2.24, 2.45) is 5.73 Å². The van der Waals surface area contributed by atoms with Gasteiger partial charge < -0.3 is 11.1 Å². The number of nitro groups is 1. The number of rotatable bonds is 5. The zero-order valence-electron chi connectivity index (χ0n) is 11.3. The van der Waals surface area contributed by atoms with Gasteiger partial charge in [0, 0.05) is 12.6 Å². The summed E-state index contributed by atoms with van der Waals surface area (Å²) in [4.78, 5) is 10.1. The van der Waals surface area contributed by atoms with Gasteiger partial charge in [-0.3, -0.25) is 10.1 Å². The van der Waals surface area contributed by atoms with Gasteiger partial charge in [-0.1, -0.05) is 19.9 Å². The third kappa shape index (κ3) is 5.84. The second kappa shape index (κ2) is 9.85. The molecule has 6 nitrogen and oxygen atoms in total. The second-order valence-electron chi connectivity index (χ2n) is 3.78. The highest BCUT2D eigenvalue weighted by molar-refractivity contribution is 5.66. The largest absolute Gasteiger partial charge is 0.384 e. The third-order valence-electron chi connectivity index (χ3n) is 2.21. The summed E-state index contributed by atoms with van der Waals surface area (Å²) in [6.07, 6.45) is 1.99. The van der Waals surface area contributed by atoms with E-state index >= 15 is 0 Å². The van der Waals surface area contributed by atoms with Crippen LogP contribution in [0.3, 0.4) is 0 Å². The monoisotopic (exact) mass is 264 g/mol. The molecule has 0 bridgehead atoms. The number of hydrogen-bond donors (Lipinski definition) is 2. The van der Waals surface area contributed by atoms with Crippen LogP contribution in [0, 0.1) is 21.4 Å². The van der Waals surface area contributed by atoms with Crippen LogP contribution >= 0.6 is 0 Å². The highest BCUT2D eigenvalue weighted by Gasteiger charge is 2.16. The van der Waals surface area contributed by atoms with Gasteiger partial charge in [0.05, 0.1) is 10.6 Å². The van der Waals surface area contributed by atoms with Gasteiger partial charge in [-0.25, -0.2) is 0 Å². The topological polar surface area (TPSA) is 105 Å². The molecule has 0 aliphatic rings. The zero-order chi connectivity index (χ0) is 14.7. The van der Waals surface area contributed by atoms with Gasteiger partial charge in [0.25, 0.3) is 5.69 Å². The van der Waals surface area contributed by atoms with Gasteiger partial charge in [-0.15, -0.1) is 0 Å². The number of nitro benzene ring substituents is 1. The van der Waals surface area contributed by atoms with Crippen molar-refractivity contribution in [3.05, 3.63) is 33.9 Å². The van der Waals surface area contributed by atoms with E-state index in [0.717, 1.165) is 19.4 Å². The van der Waals surface area contributed by atoms with Crippen molar-refractivity contribution in [2.75, 3.05) is 18.4 Å². The minimum atomic E-state index is -0.546. The predicted molar refractivity (Wildman–Crippen MR) is 75.9 cm³/mol. The van der Waals surface area contributed by atoms with Gasteiger partial charge in [0.15, 0.2) is 5.56 Å². The molecule has 0 unspecified atom stereocenters. The van der Waals surface area contributed by atoms with Crippen molar-refractivity contribution >= 4 is 11.4 Å². The number of nitriles is 1. The maximum Gasteiger partial charge on any atom is 0.289 e. The van der Waals surface area contributed by atoms with Crippen molar-refractivity contribution in [3.63, 3.8) is 0 Å². The van der Waals surface area contributed by atoms with Crippen LogP contribution in [0.25, 0.3) is 0 Å². The van der Waals surface area contributed by atoms with E-state index in [-0.39, 0.29) is 11.3 Å². The number of benzene rings is 1. The number of hydrogen-bond acceptors (Lipinski definition) is 5. The molecule has 0 atom stereocenters. The van der Waals surface area contributed by atoms with Crippen LogP contribution in [0.5, 0.6) is 0 Å². The Hall–Kier alpha value is -2.13. The predicted octanol–water partition coefficient (Wildman–Crippen LogP) is 2.64. The summed E-state index contributed by atoms with van der Waals surface area (Å²) in [5, 5.41) is 22.5. The van der Waals surface area contributed by atoms with Crippen LogP contribution < -0.4 is 11.1 Å². The maximum absolute atomic E-state index is 10.6. The summed E-state index contributed by atoms with van der Waals surface area (Å²) in [5.41, 5.74) is 5.49. The van der Waals surface area contributed by atoms with Crippen molar-refractivity contribution in [3.8, 4) is 6.07 Å². The normalized spacial score (nSPS) is 8.95. The first-order valence-electron chi connectivity index (χ1n) is 6.23. The van der Waals surface area contributed by atoms with Gasteiger partial charge >= 0.3 is 0 Å². The Morgan fingerprint density at radius 1 is 1.42 bits per heavy atom.